The molecule has 82 heavy (non-hydrogen) atoms. The highest BCUT2D eigenvalue weighted by atomic mass is 28.5. The van der Waals surface area contributed by atoms with Gasteiger partial charge in [-0.25, -0.2) is 0 Å². The lowest BCUT2D eigenvalue weighted by molar-refractivity contribution is 0.121. The molecule has 13 rings (SSSR count). The monoisotopic (exact) mass is 1180 g/mol. The van der Waals surface area contributed by atoms with Gasteiger partial charge in [0.25, 0.3) is 0 Å². The van der Waals surface area contributed by atoms with E-state index in [0.29, 0.717) is 26.4 Å². The lowest BCUT2D eigenvalue weighted by Crippen LogP contribution is -2.76. The zero-order chi connectivity index (χ0) is 55.7. The van der Waals surface area contributed by atoms with Crippen molar-refractivity contribution in [3.05, 3.63) is 242 Å². The molecule has 0 unspecified atom stereocenters. The Bertz CT molecular complexity index is 3810. The minimum absolute atomic E-state index is 0.526. The minimum atomic E-state index is -3.95. The topological polar surface area (TPSA) is 73.8 Å². The largest absolute Gasteiger partial charge is 0.509 e. The van der Waals surface area contributed by atoms with Crippen LogP contribution in [-0.4, -0.2) is 66.0 Å². The SMILES string of the molecule is C[Si](C)(CCCOCc1ccc2ccc3cccc4ccc1c2c34)O[Si]1(c2ccccc2)O[Si](c2ccccc2)O[Si](O[Si](C)(C)CCCOCc2ccc3ccc4cccc5ccc2c3c45)(c2ccccc2)O[Si](c2ccccc2)O1. The molecule has 410 valence electrons. The second-order valence-corrected chi connectivity index (χ2v) is 41.4. The molecule has 0 aliphatic carbocycles. The fourth-order valence-corrected chi connectivity index (χ4v) is 35.6. The zero-order valence-corrected chi connectivity index (χ0v) is 52.9. The molecule has 0 amide bonds. The molecular weight excluding hydrogens is 1110 g/mol. The van der Waals surface area contributed by atoms with E-state index in [-0.39, 0.29) is 0 Å². The van der Waals surface area contributed by atoms with Crippen molar-refractivity contribution in [3.63, 3.8) is 0 Å². The molecule has 8 nitrogen and oxygen atoms in total. The van der Waals surface area contributed by atoms with Crippen LogP contribution in [-0.2, 0) is 47.4 Å². The summed E-state index contributed by atoms with van der Waals surface area (Å²) in [5, 5.41) is 18.9. The van der Waals surface area contributed by atoms with Gasteiger partial charge >= 0.3 is 36.2 Å². The molecule has 0 bridgehead atoms. The first kappa shape index (κ1) is 54.9. The Hall–Kier alpha value is -6.30. The highest BCUT2D eigenvalue weighted by molar-refractivity contribution is 6.99. The van der Waals surface area contributed by atoms with E-state index >= 15 is 0 Å². The molecule has 2 radical (unpaired) electrons. The first-order valence-electron chi connectivity index (χ1n) is 28.6. The smallest absolute Gasteiger partial charge is 0.413 e. The highest BCUT2D eigenvalue weighted by Gasteiger charge is 2.61. The van der Waals surface area contributed by atoms with Gasteiger partial charge < -0.3 is 34.2 Å². The summed E-state index contributed by atoms with van der Waals surface area (Å²) in [5.74, 6) is 0. The quantitative estimate of drug-likeness (QED) is 0.0425. The Morgan fingerprint density at radius 3 is 1.02 bits per heavy atom. The van der Waals surface area contributed by atoms with Gasteiger partial charge in [-0.15, -0.1) is 0 Å². The molecule has 0 spiro atoms. The van der Waals surface area contributed by atoms with Crippen molar-refractivity contribution >= 4 is 138 Å². The van der Waals surface area contributed by atoms with Crippen molar-refractivity contribution < 1.29 is 34.2 Å². The van der Waals surface area contributed by atoms with Gasteiger partial charge in [0, 0.05) is 23.6 Å². The summed E-state index contributed by atoms with van der Waals surface area (Å²) in [6, 6.07) is 82.7. The number of ether oxygens (including phenoxy) is 2. The van der Waals surface area contributed by atoms with Crippen LogP contribution in [0.25, 0.3) is 64.6 Å². The molecule has 1 heterocycles. The third-order valence-electron chi connectivity index (χ3n) is 15.9. The predicted octanol–water partition coefficient (Wildman–Crippen LogP) is 14.0. The van der Waals surface area contributed by atoms with E-state index in [1.807, 2.05) is 72.8 Å². The molecule has 1 saturated heterocycles. The van der Waals surface area contributed by atoms with Crippen LogP contribution >= 0.6 is 0 Å². The summed E-state index contributed by atoms with van der Waals surface area (Å²) in [6.07, 6.45) is 1.62. The zero-order valence-electron chi connectivity index (χ0n) is 46.9. The normalized spacial score (nSPS) is 17.9. The summed E-state index contributed by atoms with van der Waals surface area (Å²) in [6.45, 7) is 11.3. The lowest BCUT2D eigenvalue weighted by atomic mass is 9.92. The van der Waals surface area contributed by atoms with Gasteiger partial charge in [0.05, 0.1) is 13.2 Å². The molecule has 12 aromatic carbocycles. The third-order valence-corrected chi connectivity index (χ3v) is 36.5. The van der Waals surface area contributed by atoms with Crippen molar-refractivity contribution in [1.29, 1.82) is 0 Å². The average molecular weight is 1180 g/mol. The Kier molecular flexibility index (Phi) is 15.7. The van der Waals surface area contributed by atoms with Gasteiger partial charge in [0.15, 0.2) is 16.6 Å². The molecular formula is C68H66O8Si6. The van der Waals surface area contributed by atoms with E-state index in [1.54, 1.807) is 0 Å². The summed E-state index contributed by atoms with van der Waals surface area (Å²) in [4.78, 5) is 0. The van der Waals surface area contributed by atoms with Crippen LogP contribution < -0.4 is 20.7 Å². The van der Waals surface area contributed by atoms with E-state index < -0.39 is 52.8 Å². The summed E-state index contributed by atoms with van der Waals surface area (Å²) in [5.41, 5.74) is 2.39. The van der Waals surface area contributed by atoms with Crippen molar-refractivity contribution in [2.45, 2.75) is 64.3 Å². The Balaban J connectivity index is 0.769. The average Bonchev–Trinajstić information content (AvgIpc) is 3.70. The van der Waals surface area contributed by atoms with Crippen LogP contribution in [0.5, 0.6) is 0 Å². The number of rotatable bonds is 20. The van der Waals surface area contributed by atoms with Crippen molar-refractivity contribution in [3.8, 4) is 0 Å². The predicted molar refractivity (Wildman–Crippen MR) is 347 cm³/mol. The van der Waals surface area contributed by atoms with Crippen molar-refractivity contribution in [2.24, 2.45) is 0 Å². The lowest BCUT2D eigenvalue weighted by Gasteiger charge is -2.46. The molecule has 14 heteroatoms. The molecule has 0 saturated carbocycles. The van der Waals surface area contributed by atoms with E-state index in [2.05, 4.69) is 184 Å². The van der Waals surface area contributed by atoms with Crippen LogP contribution in [0.2, 0.25) is 38.3 Å². The van der Waals surface area contributed by atoms with Crippen LogP contribution in [0.3, 0.4) is 0 Å². The van der Waals surface area contributed by atoms with Crippen LogP contribution in [0, 0.1) is 0 Å². The van der Waals surface area contributed by atoms with Gasteiger partial charge in [-0.05, 0) is 137 Å². The first-order valence-corrected chi connectivity index (χ1v) is 40.9. The molecule has 0 N–H and O–H groups in total. The Labute approximate surface area is 488 Å². The Morgan fingerprint density at radius 1 is 0.341 bits per heavy atom. The maximum atomic E-state index is 7.80. The van der Waals surface area contributed by atoms with Gasteiger partial charge in [0.1, 0.15) is 0 Å². The summed E-state index contributed by atoms with van der Waals surface area (Å²) in [7, 11) is -18.2. The highest BCUT2D eigenvalue weighted by Crippen LogP contribution is 2.39. The van der Waals surface area contributed by atoms with Gasteiger partial charge in [-0.2, -0.15) is 0 Å². The van der Waals surface area contributed by atoms with E-state index in [1.165, 1.54) is 75.8 Å². The standard InChI is InChI=1S/C68H66O8Si6/c1-79(2,47-19-45-69-49-57-39-37-55-35-33-51-21-17-23-53-41-43-63(57)67(55)65(51)53)75-81(61-29-13-7-14-30-61)71-77(59-25-9-5-10-26-59)73-82(62-31-15-8-16-32-62,74-78(72-81)60-27-11-6-12-28-60)76-80(3,4)48-20-46-70-50-58-40-38-56-36-34-52-22-18-24-54-42-44-64(58)68(56)66(52)54/h5-18,21-44H,19-20,45-50H2,1-4H3. The minimum Gasteiger partial charge on any atom is -0.413 e. The van der Waals surface area contributed by atoms with Crippen LogP contribution in [0.15, 0.2) is 231 Å². The third kappa shape index (κ3) is 11.3. The molecule has 12 aromatic rings. The van der Waals surface area contributed by atoms with Crippen molar-refractivity contribution in [2.75, 3.05) is 13.2 Å². The second kappa shape index (κ2) is 23.4. The molecule has 0 atom stereocenters. The molecule has 1 fully saturated rings. The fraction of sp³-hybridized carbons (Fsp3) is 0.176. The van der Waals surface area contributed by atoms with E-state index in [0.717, 1.165) is 45.7 Å². The maximum absolute atomic E-state index is 7.80. The van der Waals surface area contributed by atoms with Gasteiger partial charge in [0.2, 0.25) is 0 Å². The van der Waals surface area contributed by atoms with Crippen LogP contribution in [0.1, 0.15) is 24.0 Å². The van der Waals surface area contributed by atoms with E-state index in [9.17, 15) is 0 Å². The second-order valence-electron chi connectivity index (χ2n) is 22.8. The van der Waals surface area contributed by atoms with Gasteiger partial charge in [-0.3, -0.25) is 0 Å². The van der Waals surface area contributed by atoms with Gasteiger partial charge in [-0.1, -0.05) is 231 Å². The van der Waals surface area contributed by atoms with E-state index in [4.69, 9.17) is 34.2 Å². The summed E-state index contributed by atoms with van der Waals surface area (Å²) >= 11 is 0. The number of hydrogen-bond donors (Lipinski definition) is 0. The first-order chi connectivity index (χ1) is 40.0. The molecule has 1 aliphatic rings. The fourth-order valence-electron chi connectivity index (χ4n) is 11.9. The molecule has 0 aromatic heterocycles. The Morgan fingerprint density at radius 2 is 0.659 bits per heavy atom. The van der Waals surface area contributed by atoms with Crippen LogP contribution in [0.4, 0.5) is 0 Å². The number of hydrogen-bond acceptors (Lipinski definition) is 8. The van der Waals surface area contributed by atoms with Crippen molar-refractivity contribution in [1.82, 2.24) is 0 Å². The number of benzene rings is 12. The molecule has 1 aliphatic heterocycles. The summed E-state index contributed by atoms with van der Waals surface area (Å²) < 4.78 is 59.8. The maximum Gasteiger partial charge on any atom is 0.509 e.